The number of rotatable bonds is 6. The van der Waals surface area contributed by atoms with E-state index in [1.807, 2.05) is 0 Å². The highest BCUT2D eigenvalue weighted by Crippen LogP contribution is 2.22. The Hall–Kier alpha value is -1.36. The van der Waals surface area contributed by atoms with Gasteiger partial charge in [-0.25, -0.2) is 0 Å². The Labute approximate surface area is 126 Å². The first-order chi connectivity index (χ1) is 10.4. The number of fused-ring (bicyclic) bond motifs is 1. The first kappa shape index (κ1) is 14.6. The Morgan fingerprint density at radius 2 is 2.05 bits per heavy atom. The van der Waals surface area contributed by atoms with Gasteiger partial charge in [-0.1, -0.05) is 18.2 Å². The molecular weight excluding hydrogens is 262 g/mol. The number of piperidine rings is 1. The van der Waals surface area contributed by atoms with Gasteiger partial charge in [0.1, 0.15) is 0 Å². The molecule has 0 unspecified atom stereocenters. The van der Waals surface area contributed by atoms with Gasteiger partial charge < -0.3 is 15.5 Å². The summed E-state index contributed by atoms with van der Waals surface area (Å²) in [4.78, 5) is 5.88. The summed E-state index contributed by atoms with van der Waals surface area (Å²) >= 11 is 0. The van der Waals surface area contributed by atoms with Crippen LogP contribution in [-0.2, 0) is 11.3 Å². The molecule has 0 amide bonds. The average Bonchev–Trinajstić information content (AvgIpc) is 2.93. The number of nitrogens with zero attached hydrogens (tertiary/aromatic N) is 1. The third-order valence-electron chi connectivity index (χ3n) is 4.31. The molecule has 1 saturated heterocycles. The Morgan fingerprint density at radius 3 is 2.86 bits per heavy atom. The van der Waals surface area contributed by atoms with E-state index in [-0.39, 0.29) is 0 Å². The number of aromatic nitrogens is 1. The zero-order chi connectivity index (χ0) is 14.5. The van der Waals surface area contributed by atoms with Gasteiger partial charge in [-0.2, -0.15) is 0 Å². The van der Waals surface area contributed by atoms with Gasteiger partial charge in [-0.15, -0.1) is 0 Å². The number of nitrogens with one attached hydrogen (secondary N) is 1. The van der Waals surface area contributed by atoms with Crippen molar-refractivity contribution < 1.29 is 4.74 Å². The van der Waals surface area contributed by atoms with E-state index in [4.69, 9.17) is 10.5 Å². The first-order valence-electron chi connectivity index (χ1n) is 7.96. The number of nitrogens with two attached hydrogens (primary N) is 1. The van der Waals surface area contributed by atoms with Crippen LogP contribution in [0.2, 0.25) is 0 Å². The first-order valence-corrected chi connectivity index (χ1v) is 7.96. The normalized spacial score (nSPS) is 17.6. The molecule has 114 valence electrons. The fraction of sp³-hybridized carbons (Fsp3) is 0.529. The summed E-state index contributed by atoms with van der Waals surface area (Å²) in [5.41, 5.74) is 8.12. The van der Waals surface area contributed by atoms with E-state index in [1.54, 1.807) is 0 Å². The van der Waals surface area contributed by atoms with Crippen LogP contribution in [0.3, 0.4) is 0 Å². The molecule has 3 rings (SSSR count). The Balaban J connectivity index is 1.51. The number of aromatic amines is 1. The zero-order valence-electron chi connectivity index (χ0n) is 12.6. The molecule has 0 spiro atoms. The van der Waals surface area contributed by atoms with Crippen molar-refractivity contribution >= 4 is 10.9 Å². The molecule has 1 fully saturated rings. The number of H-pyrrole nitrogens is 1. The molecule has 0 aliphatic carbocycles. The number of likely N-dealkylation sites (tertiary alicyclic amines) is 1. The standard InChI is InChI=1S/C17H25N3O/c18-8-3-11-21-15-6-9-20(10-7-15)13-14-12-19-17-5-2-1-4-16(14)17/h1-2,4-5,12,15,19H,3,6-11,13,18H2. The molecule has 0 saturated carbocycles. The third-order valence-corrected chi connectivity index (χ3v) is 4.31. The summed E-state index contributed by atoms with van der Waals surface area (Å²) in [6, 6.07) is 8.52. The monoisotopic (exact) mass is 287 g/mol. The van der Waals surface area contributed by atoms with Gasteiger partial charge >= 0.3 is 0 Å². The van der Waals surface area contributed by atoms with E-state index in [0.717, 1.165) is 52.0 Å². The Morgan fingerprint density at radius 1 is 1.24 bits per heavy atom. The fourth-order valence-electron chi connectivity index (χ4n) is 3.07. The van der Waals surface area contributed by atoms with Crippen molar-refractivity contribution in [3.8, 4) is 0 Å². The molecule has 1 aliphatic heterocycles. The van der Waals surface area contributed by atoms with E-state index in [1.165, 1.54) is 16.5 Å². The SMILES string of the molecule is NCCCOC1CCN(Cc2c[nH]c3ccccc23)CC1. The lowest BCUT2D eigenvalue weighted by molar-refractivity contribution is 0.00571. The largest absolute Gasteiger partial charge is 0.378 e. The second-order valence-electron chi connectivity index (χ2n) is 5.85. The van der Waals surface area contributed by atoms with Crippen molar-refractivity contribution in [3.05, 3.63) is 36.0 Å². The van der Waals surface area contributed by atoms with E-state index in [9.17, 15) is 0 Å². The van der Waals surface area contributed by atoms with Crippen molar-refractivity contribution in [1.82, 2.24) is 9.88 Å². The fourth-order valence-corrected chi connectivity index (χ4v) is 3.07. The third kappa shape index (κ3) is 3.64. The van der Waals surface area contributed by atoms with Crippen LogP contribution in [-0.4, -0.2) is 42.2 Å². The second-order valence-corrected chi connectivity index (χ2v) is 5.85. The molecule has 1 aliphatic rings. The van der Waals surface area contributed by atoms with Crippen LogP contribution in [0.5, 0.6) is 0 Å². The van der Waals surface area contributed by atoms with Crippen LogP contribution >= 0.6 is 0 Å². The summed E-state index contributed by atoms with van der Waals surface area (Å²) in [5.74, 6) is 0. The smallest absolute Gasteiger partial charge is 0.0599 e. The summed E-state index contributed by atoms with van der Waals surface area (Å²) in [5, 5.41) is 1.35. The van der Waals surface area contributed by atoms with Gasteiger partial charge in [-0.05, 0) is 37.4 Å². The van der Waals surface area contributed by atoms with Crippen LogP contribution in [0.1, 0.15) is 24.8 Å². The van der Waals surface area contributed by atoms with Crippen LogP contribution in [0, 0.1) is 0 Å². The molecule has 0 atom stereocenters. The lowest BCUT2D eigenvalue weighted by atomic mass is 10.1. The summed E-state index contributed by atoms with van der Waals surface area (Å²) in [7, 11) is 0. The lowest BCUT2D eigenvalue weighted by Gasteiger charge is -2.31. The minimum Gasteiger partial charge on any atom is -0.378 e. The van der Waals surface area contributed by atoms with E-state index in [2.05, 4.69) is 40.3 Å². The predicted octanol–water partition coefficient (Wildman–Crippen LogP) is 2.50. The average molecular weight is 287 g/mol. The molecule has 1 aromatic heterocycles. The molecule has 0 radical (unpaired) electrons. The number of hydrogen-bond donors (Lipinski definition) is 2. The molecular formula is C17H25N3O. The van der Waals surface area contributed by atoms with Crippen LogP contribution < -0.4 is 5.73 Å². The van der Waals surface area contributed by atoms with Crippen molar-refractivity contribution in [1.29, 1.82) is 0 Å². The second kappa shape index (κ2) is 7.07. The van der Waals surface area contributed by atoms with Gasteiger partial charge in [0, 0.05) is 43.3 Å². The van der Waals surface area contributed by atoms with Gasteiger partial charge in [-0.3, -0.25) is 4.90 Å². The molecule has 2 aromatic rings. The highest BCUT2D eigenvalue weighted by molar-refractivity contribution is 5.82. The topological polar surface area (TPSA) is 54.3 Å². The van der Waals surface area contributed by atoms with E-state index < -0.39 is 0 Å². The number of hydrogen-bond acceptors (Lipinski definition) is 3. The van der Waals surface area contributed by atoms with Crippen molar-refractivity contribution in [2.45, 2.75) is 31.9 Å². The maximum atomic E-state index is 5.86. The van der Waals surface area contributed by atoms with Crippen LogP contribution in [0.15, 0.2) is 30.5 Å². The molecule has 1 aromatic carbocycles. The quantitative estimate of drug-likeness (QED) is 0.803. The van der Waals surface area contributed by atoms with E-state index >= 15 is 0 Å². The highest BCUT2D eigenvalue weighted by Gasteiger charge is 2.20. The molecule has 3 N–H and O–H groups in total. The van der Waals surface area contributed by atoms with Crippen LogP contribution in [0.25, 0.3) is 10.9 Å². The van der Waals surface area contributed by atoms with E-state index in [0.29, 0.717) is 6.10 Å². The number of ether oxygens (including phenoxy) is 1. The van der Waals surface area contributed by atoms with Gasteiger partial charge in [0.25, 0.3) is 0 Å². The summed E-state index contributed by atoms with van der Waals surface area (Å²) in [6.07, 6.45) is 5.81. The van der Waals surface area contributed by atoms with Crippen molar-refractivity contribution in [2.75, 3.05) is 26.2 Å². The zero-order valence-corrected chi connectivity index (χ0v) is 12.6. The number of para-hydroxylation sites is 1. The lowest BCUT2D eigenvalue weighted by Crippen LogP contribution is -2.36. The van der Waals surface area contributed by atoms with Gasteiger partial charge in [0.2, 0.25) is 0 Å². The Bertz CT molecular complexity index is 558. The molecule has 21 heavy (non-hydrogen) atoms. The summed E-state index contributed by atoms with van der Waals surface area (Å²) < 4.78 is 5.86. The molecule has 4 heteroatoms. The predicted molar refractivity (Wildman–Crippen MR) is 86.2 cm³/mol. The van der Waals surface area contributed by atoms with Gasteiger partial charge in [0.05, 0.1) is 6.10 Å². The van der Waals surface area contributed by atoms with Crippen molar-refractivity contribution in [3.63, 3.8) is 0 Å². The molecule has 0 bridgehead atoms. The molecule has 4 nitrogen and oxygen atoms in total. The summed E-state index contributed by atoms with van der Waals surface area (Å²) in [6.45, 7) is 4.79. The maximum Gasteiger partial charge on any atom is 0.0599 e. The maximum absolute atomic E-state index is 5.86. The minimum absolute atomic E-state index is 0.427. The van der Waals surface area contributed by atoms with Gasteiger partial charge in [0.15, 0.2) is 0 Å². The minimum atomic E-state index is 0.427. The highest BCUT2D eigenvalue weighted by atomic mass is 16.5. The van der Waals surface area contributed by atoms with Crippen LogP contribution in [0.4, 0.5) is 0 Å². The number of benzene rings is 1. The van der Waals surface area contributed by atoms with Crippen molar-refractivity contribution in [2.24, 2.45) is 5.73 Å². The molecule has 2 heterocycles. The Kier molecular flexibility index (Phi) is 4.91.